The third-order valence-corrected chi connectivity index (χ3v) is 3.19. The Bertz CT molecular complexity index is 107. The Morgan fingerprint density at radius 2 is 1.43 bits per heavy atom. The lowest BCUT2D eigenvalue weighted by atomic mass is 9.94. The highest BCUT2D eigenvalue weighted by Crippen LogP contribution is 2.18. The molecular formula is C14H29. The molecule has 0 aliphatic heterocycles. The molecule has 0 aromatic heterocycles. The molecule has 0 aromatic rings. The normalized spacial score (nSPS) is 15.4. The van der Waals surface area contributed by atoms with Crippen molar-refractivity contribution in [1.29, 1.82) is 0 Å². The lowest BCUT2D eigenvalue weighted by Gasteiger charge is -2.12. The largest absolute Gasteiger partial charge is 0.0654 e. The van der Waals surface area contributed by atoms with E-state index in [-0.39, 0.29) is 0 Å². The van der Waals surface area contributed by atoms with Gasteiger partial charge < -0.3 is 0 Å². The van der Waals surface area contributed by atoms with Gasteiger partial charge in [-0.25, -0.2) is 0 Å². The molecule has 2 atom stereocenters. The van der Waals surface area contributed by atoms with Crippen molar-refractivity contribution in [3.05, 3.63) is 6.92 Å². The molecule has 1 radical (unpaired) electrons. The van der Waals surface area contributed by atoms with E-state index in [0.29, 0.717) is 0 Å². The summed E-state index contributed by atoms with van der Waals surface area (Å²) >= 11 is 0. The van der Waals surface area contributed by atoms with Gasteiger partial charge in [-0.1, -0.05) is 79.1 Å². The first-order valence-corrected chi connectivity index (χ1v) is 6.49. The van der Waals surface area contributed by atoms with E-state index in [0.717, 1.165) is 18.3 Å². The summed E-state index contributed by atoms with van der Waals surface area (Å²) < 4.78 is 0. The van der Waals surface area contributed by atoms with Gasteiger partial charge in [-0.3, -0.25) is 0 Å². The molecule has 0 bridgehead atoms. The minimum atomic E-state index is 0.831. The van der Waals surface area contributed by atoms with Crippen LogP contribution in [0.3, 0.4) is 0 Å². The van der Waals surface area contributed by atoms with E-state index in [1.807, 2.05) is 0 Å². The average molecular weight is 197 g/mol. The van der Waals surface area contributed by atoms with Crippen molar-refractivity contribution in [1.82, 2.24) is 0 Å². The quantitative estimate of drug-likeness (QED) is 0.444. The van der Waals surface area contributed by atoms with Crippen LogP contribution in [0.25, 0.3) is 0 Å². The molecule has 0 nitrogen and oxygen atoms in total. The van der Waals surface area contributed by atoms with E-state index in [4.69, 9.17) is 0 Å². The Labute approximate surface area is 91.5 Å². The minimum Gasteiger partial charge on any atom is -0.0654 e. The van der Waals surface area contributed by atoms with Gasteiger partial charge in [0.25, 0.3) is 0 Å². The van der Waals surface area contributed by atoms with Crippen molar-refractivity contribution >= 4 is 0 Å². The summed E-state index contributed by atoms with van der Waals surface area (Å²) in [5.74, 6) is 1.77. The van der Waals surface area contributed by atoms with Crippen molar-refractivity contribution in [3.63, 3.8) is 0 Å². The van der Waals surface area contributed by atoms with Crippen LogP contribution in [-0.4, -0.2) is 0 Å². The Morgan fingerprint density at radius 3 is 2.00 bits per heavy atom. The van der Waals surface area contributed by atoms with Crippen LogP contribution < -0.4 is 0 Å². The summed E-state index contributed by atoms with van der Waals surface area (Å²) in [4.78, 5) is 0. The molecule has 0 N–H and O–H groups in total. The summed E-state index contributed by atoms with van der Waals surface area (Å²) in [6.07, 6.45) is 10.9. The SMILES string of the molecule is [CH2]CC(C)CCCC(C)CCCCC. The number of hydrogen-bond donors (Lipinski definition) is 0. The Morgan fingerprint density at radius 1 is 0.857 bits per heavy atom. The fourth-order valence-corrected chi connectivity index (χ4v) is 1.85. The third-order valence-electron chi connectivity index (χ3n) is 3.19. The summed E-state index contributed by atoms with van der Waals surface area (Å²) in [7, 11) is 0. The van der Waals surface area contributed by atoms with Crippen molar-refractivity contribution < 1.29 is 0 Å². The monoisotopic (exact) mass is 197 g/mol. The van der Waals surface area contributed by atoms with Gasteiger partial charge >= 0.3 is 0 Å². The van der Waals surface area contributed by atoms with Gasteiger partial charge in [0.1, 0.15) is 0 Å². The maximum atomic E-state index is 3.94. The van der Waals surface area contributed by atoms with Gasteiger partial charge in [0.2, 0.25) is 0 Å². The van der Waals surface area contributed by atoms with E-state index in [1.165, 1.54) is 44.9 Å². The van der Waals surface area contributed by atoms with Crippen molar-refractivity contribution in [2.24, 2.45) is 11.8 Å². The predicted molar refractivity (Wildman–Crippen MR) is 66.3 cm³/mol. The van der Waals surface area contributed by atoms with Crippen LogP contribution in [0.1, 0.15) is 72.1 Å². The second kappa shape index (κ2) is 9.55. The first-order valence-electron chi connectivity index (χ1n) is 6.49. The van der Waals surface area contributed by atoms with Crippen LogP contribution in [0.15, 0.2) is 0 Å². The number of hydrogen-bond acceptors (Lipinski definition) is 0. The van der Waals surface area contributed by atoms with Gasteiger partial charge in [0.05, 0.1) is 0 Å². The number of unbranched alkanes of at least 4 members (excludes halogenated alkanes) is 2. The van der Waals surface area contributed by atoms with Crippen LogP contribution in [0.4, 0.5) is 0 Å². The molecule has 14 heavy (non-hydrogen) atoms. The zero-order valence-corrected chi connectivity index (χ0v) is 10.5. The standard InChI is InChI=1S/C14H29/c1-5-7-8-10-14(4)12-9-11-13(3)6-2/h13-14H,2,5-12H2,1,3-4H3. The van der Waals surface area contributed by atoms with Crippen molar-refractivity contribution in [2.75, 3.05) is 0 Å². The lowest BCUT2D eigenvalue weighted by molar-refractivity contribution is 0.413. The zero-order chi connectivity index (χ0) is 10.8. The summed E-state index contributed by atoms with van der Waals surface area (Å²) in [6, 6.07) is 0. The molecule has 0 aliphatic rings. The third kappa shape index (κ3) is 8.59. The summed E-state index contributed by atoms with van der Waals surface area (Å²) in [5.41, 5.74) is 0. The van der Waals surface area contributed by atoms with Crippen LogP contribution in [0.2, 0.25) is 0 Å². The fraction of sp³-hybridized carbons (Fsp3) is 0.929. The molecule has 0 aromatic carbocycles. The molecule has 0 saturated carbocycles. The van der Waals surface area contributed by atoms with Crippen LogP contribution in [-0.2, 0) is 0 Å². The number of rotatable bonds is 9. The van der Waals surface area contributed by atoms with E-state index < -0.39 is 0 Å². The van der Waals surface area contributed by atoms with E-state index in [1.54, 1.807) is 0 Å². The molecule has 85 valence electrons. The zero-order valence-electron chi connectivity index (χ0n) is 10.5. The summed E-state index contributed by atoms with van der Waals surface area (Å²) in [5, 5.41) is 0. The first-order chi connectivity index (χ1) is 6.70. The van der Waals surface area contributed by atoms with Crippen LogP contribution in [0, 0.1) is 18.8 Å². The molecule has 0 aliphatic carbocycles. The summed E-state index contributed by atoms with van der Waals surface area (Å²) in [6.45, 7) is 10.9. The molecule has 0 heteroatoms. The second-order valence-corrected chi connectivity index (χ2v) is 4.93. The maximum Gasteiger partial charge on any atom is -0.0443 e. The van der Waals surface area contributed by atoms with Crippen molar-refractivity contribution in [3.8, 4) is 0 Å². The average Bonchev–Trinajstić information content (AvgIpc) is 2.18. The highest BCUT2D eigenvalue weighted by Gasteiger charge is 2.03. The molecule has 2 unspecified atom stereocenters. The van der Waals surface area contributed by atoms with Gasteiger partial charge in [-0.15, -0.1) is 0 Å². The van der Waals surface area contributed by atoms with Crippen molar-refractivity contribution in [2.45, 2.75) is 72.1 Å². The highest BCUT2D eigenvalue weighted by atomic mass is 14.1. The molecular weight excluding hydrogens is 168 g/mol. The molecule has 0 saturated heterocycles. The maximum absolute atomic E-state index is 3.94. The Balaban J connectivity index is 3.21. The molecule has 0 amide bonds. The van der Waals surface area contributed by atoms with Gasteiger partial charge in [-0.05, 0) is 11.8 Å². The van der Waals surface area contributed by atoms with Gasteiger partial charge in [0.15, 0.2) is 0 Å². The Kier molecular flexibility index (Phi) is 9.55. The van der Waals surface area contributed by atoms with Gasteiger partial charge in [0, 0.05) is 0 Å². The molecule has 0 spiro atoms. The minimum absolute atomic E-state index is 0.831. The topological polar surface area (TPSA) is 0 Å². The Hall–Kier alpha value is 0. The second-order valence-electron chi connectivity index (χ2n) is 4.93. The fourth-order valence-electron chi connectivity index (χ4n) is 1.85. The smallest absolute Gasteiger partial charge is 0.0443 e. The van der Waals surface area contributed by atoms with Crippen LogP contribution in [0.5, 0.6) is 0 Å². The lowest BCUT2D eigenvalue weighted by Crippen LogP contribution is -1.98. The first kappa shape index (κ1) is 14.0. The van der Waals surface area contributed by atoms with Crippen LogP contribution >= 0.6 is 0 Å². The molecule has 0 heterocycles. The van der Waals surface area contributed by atoms with E-state index in [9.17, 15) is 0 Å². The van der Waals surface area contributed by atoms with E-state index >= 15 is 0 Å². The van der Waals surface area contributed by atoms with E-state index in [2.05, 4.69) is 27.7 Å². The highest BCUT2D eigenvalue weighted by molar-refractivity contribution is 4.58. The van der Waals surface area contributed by atoms with Gasteiger partial charge in [-0.2, -0.15) is 0 Å². The molecule has 0 fully saturated rings. The predicted octanol–water partition coefficient (Wildman–Crippen LogP) is 5.23. The molecule has 0 rings (SSSR count).